The molecule has 0 saturated carbocycles. The Hall–Kier alpha value is -1.87. The number of ether oxygens (including phenoxy) is 4. The summed E-state index contributed by atoms with van der Waals surface area (Å²) in [5.41, 5.74) is 0. The number of carboxylic acids is 1. The SMILES string of the molecule is COCO[C@@H](C#CC#C[C@@H](/C=C\CCCCCCCC(=O)O)OCOC)[C@@H](C)O. The molecule has 3 atom stereocenters. The normalized spacial score (nSPS) is 13.8. The zero-order valence-electron chi connectivity index (χ0n) is 17.7. The first-order valence-electron chi connectivity index (χ1n) is 9.80. The van der Waals surface area contributed by atoms with Crippen molar-refractivity contribution in [3.05, 3.63) is 12.2 Å². The van der Waals surface area contributed by atoms with Crippen molar-refractivity contribution in [3.8, 4) is 23.7 Å². The molecule has 0 aliphatic heterocycles. The maximum atomic E-state index is 10.4. The number of hydrogen-bond donors (Lipinski definition) is 2. The maximum absolute atomic E-state index is 10.4. The number of aliphatic carboxylic acids is 1. The first kappa shape index (κ1) is 27.1. The molecule has 7 heteroatoms. The minimum absolute atomic E-state index is 0.0412. The quantitative estimate of drug-likeness (QED) is 0.175. The number of carboxylic acid groups (broad SMARTS) is 1. The van der Waals surface area contributed by atoms with Crippen molar-refractivity contribution in [2.75, 3.05) is 27.8 Å². The molecule has 164 valence electrons. The van der Waals surface area contributed by atoms with Gasteiger partial charge in [-0.15, -0.1) is 0 Å². The third-order valence-electron chi connectivity index (χ3n) is 3.73. The van der Waals surface area contributed by atoms with Crippen molar-refractivity contribution >= 4 is 5.97 Å². The number of aliphatic hydroxyl groups excluding tert-OH is 1. The molecule has 7 nitrogen and oxygen atoms in total. The van der Waals surface area contributed by atoms with Crippen molar-refractivity contribution in [2.45, 2.75) is 70.2 Å². The zero-order chi connectivity index (χ0) is 21.7. The van der Waals surface area contributed by atoms with Crippen LogP contribution in [0.3, 0.4) is 0 Å². The molecular formula is C22H34O7. The first-order valence-corrected chi connectivity index (χ1v) is 9.80. The standard InChI is InChI=1S/C22H34O7/c1-19(23)21(29-18-27-3)15-12-11-14-20(28-17-26-2)13-9-7-5-4-6-8-10-16-22(24)25/h9,13,19-21,23H,4-8,10,16-18H2,1-3H3,(H,24,25)/b13-9-/t19-,20-,21+/m1/s1. The predicted octanol–water partition coefficient (Wildman–Crippen LogP) is 2.72. The Labute approximate surface area is 174 Å². The van der Waals surface area contributed by atoms with Crippen molar-refractivity contribution in [3.63, 3.8) is 0 Å². The van der Waals surface area contributed by atoms with Gasteiger partial charge in [-0.2, -0.15) is 0 Å². The van der Waals surface area contributed by atoms with Crippen LogP contribution in [0, 0.1) is 23.7 Å². The molecule has 0 aromatic rings. The highest BCUT2D eigenvalue weighted by Crippen LogP contribution is 2.08. The Kier molecular flexibility index (Phi) is 18.2. The van der Waals surface area contributed by atoms with E-state index < -0.39 is 24.3 Å². The topological polar surface area (TPSA) is 94.5 Å². The second-order valence-corrected chi connectivity index (χ2v) is 6.40. The first-order chi connectivity index (χ1) is 14.0. The molecule has 0 aromatic carbocycles. The molecular weight excluding hydrogens is 376 g/mol. The second-order valence-electron chi connectivity index (χ2n) is 6.40. The van der Waals surface area contributed by atoms with Gasteiger partial charge in [0.1, 0.15) is 25.8 Å². The maximum Gasteiger partial charge on any atom is 0.303 e. The van der Waals surface area contributed by atoms with Crippen LogP contribution in [0.15, 0.2) is 12.2 Å². The summed E-state index contributed by atoms with van der Waals surface area (Å²) in [5.74, 6) is 10.3. The summed E-state index contributed by atoms with van der Waals surface area (Å²) in [5, 5.41) is 18.2. The molecule has 0 amide bonds. The lowest BCUT2D eigenvalue weighted by Crippen LogP contribution is -2.25. The Morgan fingerprint density at radius 1 is 0.966 bits per heavy atom. The lowest BCUT2D eigenvalue weighted by Gasteiger charge is -2.13. The van der Waals surface area contributed by atoms with Crippen LogP contribution in [-0.4, -0.2) is 62.3 Å². The van der Waals surface area contributed by atoms with E-state index in [2.05, 4.69) is 23.7 Å². The third-order valence-corrected chi connectivity index (χ3v) is 3.73. The monoisotopic (exact) mass is 410 g/mol. The van der Waals surface area contributed by atoms with E-state index in [1.807, 2.05) is 12.2 Å². The van der Waals surface area contributed by atoms with Crippen LogP contribution in [0.4, 0.5) is 0 Å². The number of unbranched alkanes of at least 4 members (excludes halogenated alkanes) is 5. The molecule has 0 saturated heterocycles. The van der Waals surface area contributed by atoms with Crippen molar-refractivity contribution in [1.29, 1.82) is 0 Å². The smallest absolute Gasteiger partial charge is 0.303 e. The lowest BCUT2D eigenvalue weighted by atomic mass is 10.1. The van der Waals surface area contributed by atoms with Gasteiger partial charge < -0.3 is 29.2 Å². The van der Waals surface area contributed by atoms with Gasteiger partial charge in [0, 0.05) is 20.6 Å². The van der Waals surface area contributed by atoms with E-state index in [9.17, 15) is 9.90 Å². The van der Waals surface area contributed by atoms with Gasteiger partial charge in [-0.1, -0.05) is 37.2 Å². The van der Waals surface area contributed by atoms with Gasteiger partial charge in [-0.25, -0.2) is 0 Å². The van der Waals surface area contributed by atoms with E-state index in [0.717, 1.165) is 38.5 Å². The van der Waals surface area contributed by atoms with E-state index in [0.29, 0.717) is 0 Å². The number of rotatable bonds is 16. The zero-order valence-corrected chi connectivity index (χ0v) is 17.7. The molecule has 0 bridgehead atoms. The van der Waals surface area contributed by atoms with Crippen LogP contribution in [0.2, 0.25) is 0 Å². The van der Waals surface area contributed by atoms with E-state index in [1.54, 1.807) is 14.0 Å². The summed E-state index contributed by atoms with van der Waals surface area (Å²) in [6.07, 6.45) is 7.96. The van der Waals surface area contributed by atoms with Gasteiger partial charge in [0.05, 0.1) is 6.10 Å². The fourth-order valence-corrected chi connectivity index (χ4v) is 2.23. The van der Waals surface area contributed by atoms with Gasteiger partial charge in [-0.05, 0) is 44.1 Å². The van der Waals surface area contributed by atoms with E-state index in [-0.39, 0.29) is 20.0 Å². The summed E-state index contributed by atoms with van der Waals surface area (Å²) >= 11 is 0. The summed E-state index contributed by atoms with van der Waals surface area (Å²) in [6, 6.07) is 0. The summed E-state index contributed by atoms with van der Waals surface area (Å²) in [4.78, 5) is 10.4. The van der Waals surface area contributed by atoms with Crippen LogP contribution in [0.5, 0.6) is 0 Å². The van der Waals surface area contributed by atoms with E-state index in [4.69, 9.17) is 24.1 Å². The highest BCUT2D eigenvalue weighted by molar-refractivity contribution is 5.66. The molecule has 0 spiro atoms. The fourth-order valence-electron chi connectivity index (χ4n) is 2.23. The van der Waals surface area contributed by atoms with Crippen LogP contribution in [0.25, 0.3) is 0 Å². The molecule has 0 radical (unpaired) electrons. The third kappa shape index (κ3) is 17.9. The Morgan fingerprint density at radius 2 is 1.59 bits per heavy atom. The van der Waals surface area contributed by atoms with Gasteiger partial charge in [0.15, 0.2) is 0 Å². The van der Waals surface area contributed by atoms with Gasteiger partial charge in [0.2, 0.25) is 0 Å². The number of methoxy groups -OCH3 is 2. The predicted molar refractivity (Wildman–Crippen MR) is 110 cm³/mol. The van der Waals surface area contributed by atoms with Gasteiger partial charge >= 0.3 is 5.97 Å². The van der Waals surface area contributed by atoms with Crippen LogP contribution < -0.4 is 0 Å². The van der Waals surface area contributed by atoms with Crippen molar-refractivity contribution < 1.29 is 34.0 Å². The average molecular weight is 411 g/mol. The number of carbonyl (C=O) groups is 1. The minimum Gasteiger partial charge on any atom is -0.481 e. The lowest BCUT2D eigenvalue weighted by molar-refractivity contribution is -0.137. The molecule has 0 aliphatic carbocycles. The van der Waals surface area contributed by atoms with Crippen molar-refractivity contribution in [2.24, 2.45) is 0 Å². The Balaban J connectivity index is 4.39. The van der Waals surface area contributed by atoms with Crippen LogP contribution in [0.1, 0.15) is 51.9 Å². The number of aliphatic hydroxyl groups is 1. The molecule has 2 N–H and O–H groups in total. The largest absolute Gasteiger partial charge is 0.481 e. The molecule has 0 aromatic heterocycles. The molecule has 0 heterocycles. The molecule has 0 unspecified atom stereocenters. The van der Waals surface area contributed by atoms with E-state index in [1.165, 1.54) is 7.11 Å². The highest BCUT2D eigenvalue weighted by atomic mass is 16.7. The summed E-state index contributed by atoms with van der Waals surface area (Å²) in [6.45, 7) is 1.75. The number of hydrogen-bond acceptors (Lipinski definition) is 6. The Morgan fingerprint density at radius 3 is 2.24 bits per heavy atom. The summed E-state index contributed by atoms with van der Waals surface area (Å²) < 4.78 is 20.5. The van der Waals surface area contributed by atoms with Crippen molar-refractivity contribution in [1.82, 2.24) is 0 Å². The van der Waals surface area contributed by atoms with Gasteiger partial charge in [-0.3, -0.25) is 4.79 Å². The van der Waals surface area contributed by atoms with Crippen LogP contribution in [-0.2, 0) is 23.7 Å². The molecule has 29 heavy (non-hydrogen) atoms. The second kappa shape index (κ2) is 19.4. The van der Waals surface area contributed by atoms with Crippen LogP contribution >= 0.6 is 0 Å². The van der Waals surface area contributed by atoms with E-state index >= 15 is 0 Å². The van der Waals surface area contributed by atoms with Gasteiger partial charge in [0.25, 0.3) is 0 Å². The molecule has 0 rings (SSSR count). The average Bonchev–Trinajstić information content (AvgIpc) is 2.68. The molecule has 0 fully saturated rings. The Bertz CT molecular complexity index is 563. The summed E-state index contributed by atoms with van der Waals surface area (Å²) in [7, 11) is 3.04. The molecule has 0 aliphatic rings. The number of allylic oxidation sites excluding steroid dienone is 1. The minimum atomic E-state index is -0.760. The highest BCUT2D eigenvalue weighted by Gasteiger charge is 2.11. The fraction of sp³-hybridized carbons (Fsp3) is 0.682.